The number of nitrogens with two attached hydrogens (primary N) is 1. The molecule has 2 heterocycles. The van der Waals surface area contributed by atoms with Crippen LogP contribution in [0, 0.1) is 5.92 Å². The molecule has 1 aliphatic rings. The third-order valence-electron chi connectivity index (χ3n) is 3.88. The molecule has 0 atom stereocenters. The largest absolute Gasteiger partial charge is 0.381 e. The summed E-state index contributed by atoms with van der Waals surface area (Å²) in [6.45, 7) is 3.48. The number of para-hydroxylation sites is 2. The van der Waals surface area contributed by atoms with E-state index in [1.54, 1.807) is 0 Å². The van der Waals surface area contributed by atoms with E-state index >= 15 is 0 Å². The zero-order valence-corrected chi connectivity index (χ0v) is 11.2. The molecule has 1 aromatic heterocycles. The molecule has 1 saturated heterocycles. The van der Waals surface area contributed by atoms with Crippen LogP contribution in [-0.4, -0.2) is 29.3 Å². The fourth-order valence-corrected chi connectivity index (χ4v) is 2.84. The Hall–Kier alpha value is -1.39. The minimum Gasteiger partial charge on any atom is -0.381 e. The maximum Gasteiger partial charge on any atom is 0.111 e. The number of fused-ring (bicyclic) bond motifs is 1. The maximum atomic E-state index is 5.71. The molecule has 0 unspecified atom stereocenters. The average molecular weight is 259 g/mol. The number of imidazole rings is 1. The van der Waals surface area contributed by atoms with Crippen LogP contribution in [0.25, 0.3) is 11.0 Å². The first-order chi connectivity index (χ1) is 9.38. The second kappa shape index (κ2) is 5.72. The number of nitrogens with zero attached hydrogens (tertiary/aromatic N) is 2. The van der Waals surface area contributed by atoms with Crippen molar-refractivity contribution in [1.82, 2.24) is 9.55 Å². The Morgan fingerprint density at radius 2 is 2.05 bits per heavy atom. The van der Waals surface area contributed by atoms with Gasteiger partial charge in [0, 0.05) is 26.2 Å². The molecule has 2 N–H and O–H groups in total. The van der Waals surface area contributed by atoms with Crippen molar-refractivity contribution < 1.29 is 4.74 Å². The Kier molecular flexibility index (Phi) is 3.80. The highest BCUT2D eigenvalue weighted by atomic mass is 16.5. The topological polar surface area (TPSA) is 53.1 Å². The Bertz CT molecular complexity index is 543. The molecule has 0 bridgehead atoms. The zero-order valence-electron chi connectivity index (χ0n) is 11.2. The summed E-state index contributed by atoms with van der Waals surface area (Å²) >= 11 is 0. The molecule has 2 aromatic rings. The molecule has 1 aromatic carbocycles. The first-order valence-electron chi connectivity index (χ1n) is 7.10. The van der Waals surface area contributed by atoms with Gasteiger partial charge in [0.1, 0.15) is 5.82 Å². The van der Waals surface area contributed by atoms with Crippen LogP contribution in [0.5, 0.6) is 0 Å². The summed E-state index contributed by atoms with van der Waals surface area (Å²) in [6.07, 6.45) is 3.14. The van der Waals surface area contributed by atoms with Crippen molar-refractivity contribution in [3.63, 3.8) is 0 Å². The van der Waals surface area contributed by atoms with Gasteiger partial charge in [-0.3, -0.25) is 0 Å². The van der Waals surface area contributed by atoms with Gasteiger partial charge < -0.3 is 15.0 Å². The lowest BCUT2D eigenvalue weighted by Gasteiger charge is -2.23. The van der Waals surface area contributed by atoms with Crippen LogP contribution in [0.15, 0.2) is 24.3 Å². The number of rotatable bonds is 4. The molecule has 0 aliphatic carbocycles. The Balaban J connectivity index is 1.92. The van der Waals surface area contributed by atoms with Gasteiger partial charge in [-0.2, -0.15) is 0 Å². The van der Waals surface area contributed by atoms with Crippen LogP contribution in [0.3, 0.4) is 0 Å². The van der Waals surface area contributed by atoms with Gasteiger partial charge in [-0.1, -0.05) is 12.1 Å². The van der Waals surface area contributed by atoms with Crippen LogP contribution in [0.1, 0.15) is 18.7 Å². The van der Waals surface area contributed by atoms with Gasteiger partial charge in [0.25, 0.3) is 0 Å². The normalized spacial score (nSPS) is 17.1. The van der Waals surface area contributed by atoms with E-state index in [4.69, 9.17) is 15.5 Å². The Morgan fingerprint density at radius 3 is 2.84 bits per heavy atom. The first kappa shape index (κ1) is 12.6. The van der Waals surface area contributed by atoms with E-state index < -0.39 is 0 Å². The predicted octanol–water partition coefficient (Wildman–Crippen LogP) is 1.96. The summed E-state index contributed by atoms with van der Waals surface area (Å²) in [7, 11) is 0. The summed E-state index contributed by atoms with van der Waals surface area (Å²) in [5.74, 6) is 1.82. The standard InChI is InChI=1S/C15H21N3O/c16-8-5-15-17-13-3-1-2-4-14(13)18(15)11-12-6-9-19-10-7-12/h1-4,12H,5-11,16H2. The fraction of sp³-hybridized carbons (Fsp3) is 0.533. The minimum absolute atomic E-state index is 0.650. The highest BCUT2D eigenvalue weighted by molar-refractivity contribution is 5.75. The average Bonchev–Trinajstić information content (AvgIpc) is 2.79. The van der Waals surface area contributed by atoms with Crippen LogP contribution in [0.2, 0.25) is 0 Å². The molecule has 4 heteroatoms. The van der Waals surface area contributed by atoms with Gasteiger partial charge in [-0.15, -0.1) is 0 Å². The van der Waals surface area contributed by atoms with E-state index in [9.17, 15) is 0 Å². The number of benzene rings is 1. The number of aromatic nitrogens is 2. The highest BCUT2D eigenvalue weighted by Gasteiger charge is 2.17. The molecule has 1 fully saturated rings. The second-order valence-corrected chi connectivity index (χ2v) is 5.22. The smallest absolute Gasteiger partial charge is 0.111 e. The summed E-state index contributed by atoms with van der Waals surface area (Å²) in [5, 5.41) is 0. The molecule has 0 saturated carbocycles. The van der Waals surface area contributed by atoms with Crippen LogP contribution in [0.4, 0.5) is 0 Å². The third-order valence-corrected chi connectivity index (χ3v) is 3.88. The number of hydrogen-bond donors (Lipinski definition) is 1. The van der Waals surface area contributed by atoms with Gasteiger partial charge in [-0.05, 0) is 37.4 Å². The molecule has 0 spiro atoms. The molecule has 3 rings (SSSR count). The molecular formula is C15H21N3O. The van der Waals surface area contributed by atoms with E-state index in [0.717, 1.165) is 50.4 Å². The fourth-order valence-electron chi connectivity index (χ4n) is 2.84. The van der Waals surface area contributed by atoms with Crippen molar-refractivity contribution in [2.24, 2.45) is 11.7 Å². The second-order valence-electron chi connectivity index (χ2n) is 5.22. The molecular weight excluding hydrogens is 238 g/mol. The lowest BCUT2D eigenvalue weighted by atomic mass is 10.0. The molecule has 102 valence electrons. The zero-order chi connectivity index (χ0) is 13.1. The molecule has 1 aliphatic heterocycles. The van der Waals surface area contributed by atoms with Crippen LogP contribution < -0.4 is 5.73 Å². The van der Waals surface area contributed by atoms with Crippen molar-refractivity contribution in [2.75, 3.05) is 19.8 Å². The van der Waals surface area contributed by atoms with Crippen LogP contribution >= 0.6 is 0 Å². The van der Waals surface area contributed by atoms with Crippen molar-refractivity contribution in [3.05, 3.63) is 30.1 Å². The Labute approximate surface area is 113 Å². The van der Waals surface area contributed by atoms with E-state index in [1.807, 2.05) is 6.07 Å². The molecule has 4 nitrogen and oxygen atoms in total. The summed E-state index contributed by atoms with van der Waals surface area (Å²) in [6, 6.07) is 8.36. The van der Waals surface area contributed by atoms with Gasteiger partial charge >= 0.3 is 0 Å². The SMILES string of the molecule is NCCc1nc2ccccc2n1CC1CCOCC1. The minimum atomic E-state index is 0.650. The lowest BCUT2D eigenvalue weighted by Crippen LogP contribution is -2.22. The lowest BCUT2D eigenvalue weighted by molar-refractivity contribution is 0.0613. The van der Waals surface area contributed by atoms with Crippen LogP contribution in [-0.2, 0) is 17.7 Å². The first-order valence-corrected chi connectivity index (χ1v) is 7.10. The Morgan fingerprint density at radius 1 is 1.26 bits per heavy atom. The van der Waals surface area contributed by atoms with Gasteiger partial charge in [0.2, 0.25) is 0 Å². The summed E-state index contributed by atoms with van der Waals surface area (Å²) < 4.78 is 7.80. The quantitative estimate of drug-likeness (QED) is 0.913. The maximum absolute atomic E-state index is 5.71. The van der Waals surface area contributed by atoms with Gasteiger partial charge in [-0.25, -0.2) is 4.98 Å². The van der Waals surface area contributed by atoms with E-state index in [2.05, 4.69) is 22.8 Å². The monoisotopic (exact) mass is 259 g/mol. The summed E-state index contributed by atoms with van der Waals surface area (Å²) in [5.41, 5.74) is 8.03. The van der Waals surface area contributed by atoms with Crippen molar-refractivity contribution >= 4 is 11.0 Å². The van der Waals surface area contributed by atoms with E-state index in [1.165, 1.54) is 5.52 Å². The molecule has 19 heavy (non-hydrogen) atoms. The number of ether oxygens (including phenoxy) is 1. The summed E-state index contributed by atoms with van der Waals surface area (Å²) in [4.78, 5) is 4.72. The van der Waals surface area contributed by atoms with Crippen molar-refractivity contribution in [1.29, 1.82) is 0 Å². The van der Waals surface area contributed by atoms with Gasteiger partial charge in [0.15, 0.2) is 0 Å². The van der Waals surface area contributed by atoms with E-state index in [-0.39, 0.29) is 0 Å². The molecule has 0 amide bonds. The molecule has 0 radical (unpaired) electrons. The van der Waals surface area contributed by atoms with Crippen molar-refractivity contribution in [3.8, 4) is 0 Å². The third kappa shape index (κ3) is 2.65. The number of hydrogen-bond acceptors (Lipinski definition) is 3. The van der Waals surface area contributed by atoms with E-state index in [0.29, 0.717) is 12.5 Å². The predicted molar refractivity (Wildman–Crippen MR) is 76.0 cm³/mol. The van der Waals surface area contributed by atoms with Gasteiger partial charge in [0.05, 0.1) is 11.0 Å². The highest BCUT2D eigenvalue weighted by Crippen LogP contribution is 2.22. The van der Waals surface area contributed by atoms with Crippen molar-refractivity contribution in [2.45, 2.75) is 25.8 Å².